The highest BCUT2D eigenvalue weighted by Crippen LogP contribution is 2.47. The van der Waals surface area contributed by atoms with Gasteiger partial charge in [-0.2, -0.15) is 39.5 Å². The average molecular weight is 606 g/mol. The van der Waals surface area contributed by atoms with Gasteiger partial charge in [0.2, 0.25) is 0 Å². The Bertz CT molecular complexity index is 1230. The zero-order valence-corrected chi connectivity index (χ0v) is 21.3. The number of anilines is 1. The molecule has 0 fully saturated rings. The number of aliphatic hydroxyl groups is 1. The van der Waals surface area contributed by atoms with Crippen molar-refractivity contribution in [3.05, 3.63) is 53.6 Å². The van der Waals surface area contributed by atoms with E-state index in [1.165, 1.54) is 13.0 Å². The van der Waals surface area contributed by atoms with E-state index in [-0.39, 0.29) is 30.6 Å². The topological polar surface area (TPSA) is 106 Å². The summed E-state index contributed by atoms with van der Waals surface area (Å²) in [5, 5.41) is 12.2. The third-order valence-electron chi connectivity index (χ3n) is 5.51. The van der Waals surface area contributed by atoms with Crippen molar-refractivity contribution in [3.63, 3.8) is 0 Å². The molecule has 0 aliphatic rings. The van der Waals surface area contributed by atoms with E-state index in [2.05, 4.69) is 9.47 Å². The van der Waals surface area contributed by atoms with Crippen LogP contribution in [0.1, 0.15) is 29.8 Å². The van der Waals surface area contributed by atoms with Crippen LogP contribution in [-0.2, 0) is 15.1 Å². The number of carbonyl (C=O) groups is 2. The van der Waals surface area contributed by atoms with Crippen LogP contribution in [0.15, 0.2) is 42.5 Å². The predicted molar refractivity (Wildman–Crippen MR) is 123 cm³/mol. The van der Waals surface area contributed by atoms with Gasteiger partial charge in [0.1, 0.15) is 11.5 Å². The Morgan fingerprint density at radius 3 is 1.90 bits per heavy atom. The van der Waals surface area contributed by atoms with E-state index in [0.29, 0.717) is 7.11 Å². The summed E-state index contributed by atoms with van der Waals surface area (Å²) in [5.74, 6) is -5.52. The minimum atomic E-state index is -6.32. The van der Waals surface area contributed by atoms with Gasteiger partial charge in [-0.25, -0.2) is 4.79 Å². The molecule has 8 nitrogen and oxygen atoms in total. The molecule has 2 rings (SSSR count). The van der Waals surface area contributed by atoms with Crippen molar-refractivity contribution in [1.29, 1.82) is 0 Å². The standard InChI is InChI=1S/C24H23F9N2O6/c1-4-40-16-9-7-6-8-14(16)18(36)35-21(23(28,29)30,24(31,32)33)34-15-11-10-13(12-17(15)39-3)20(38,22(25,26)27)19(37)41-5-2/h6-12,34,38H,4-5H2,1-3H3,(H,35,36)/t20-/m1/s1. The van der Waals surface area contributed by atoms with Gasteiger partial charge < -0.3 is 30.0 Å². The van der Waals surface area contributed by atoms with Crippen LogP contribution in [0.25, 0.3) is 0 Å². The molecule has 2 aromatic rings. The van der Waals surface area contributed by atoms with Crippen LogP contribution in [-0.4, -0.2) is 61.5 Å². The normalized spacial score (nSPS) is 14.1. The van der Waals surface area contributed by atoms with Gasteiger partial charge >= 0.3 is 30.2 Å². The van der Waals surface area contributed by atoms with Crippen LogP contribution < -0.4 is 20.1 Å². The highest BCUT2D eigenvalue weighted by atomic mass is 19.4. The van der Waals surface area contributed by atoms with E-state index in [9.17, 15) is 54.2 Å². The van der Waals surface area contributed by atoms with Crippen LogP contribution in [0.5, 0.6) is 11.5 Å². The van der Waals surface area contributed by atoms with Crippen molar-refractivity contribution in [3.8, 4) is 11.5 Å². The number of para-hydroxylation sites is 1. The molecule has 1 amide bonds. The fourth-order valence-electron chi connectivity index (χ4n) is 3.50. The maximum absolute atomic E-state index is 14.2. The number of rotatable bonds is 10. The van der Waals surface area contributed by atoms with Crippen molar-refractivity contribution in [2.75, 3.05) is 25.6 Å². The predicted octanol–water partition coefficient (Wildman–Crippen LogP) is 5.07. The first-order valence-electron chi connectivity index (χ1n) is 11.4. The third-order valence-corrected chi connectivity index (χ3v) is 5.51. The number of halogens is 9. The van der Waals surface area contributed by atoms with Crippen LogP contribution >= 0.6 is 0 Å². The molecule has 0 bridgehead atoms. The molecule has 1 atom stereocenters. The van der Waals surface area contributed by atoms with Gasteiger partial charge in [-0.15, -0.1) is 0 Å². The van der Waals surface area contributed by atoms with Gasteiger partial charge in [0.05, 0.1) is 31.6 Å². The molecule has 2 aromatic carbocycles. The fraction of sp³-hybridized carbons (Fsp3) is 0.417. The van der Waals surface area contributed by atoms with Gasteiger partial charge in [-0.05, 0) is 38.1 Å². The Hall–Kier alpha value is -3.89. The number of ether oxygens (including phenoxy) is 3. The largest absolute Gasteiger partial charge is 0.495 e. The molecule has 0 aliphatic heterocycles. The number of carbonyl (C=O) groups excluding carboxylic acids is 2. The molecule has 0 aliphatic carbocycles. The Kier molecular flexibility index (Phi) is 9.69. The van der Waals surface area contributed by atoms with E-state index < -0.39 is 70.8 Å². The van der Waals surface area contributed by atoms with Crippen molar-refractivity contribution >= 4 is 17.6 Å². The molecule has 0 saturated heterocycles. The van der Waals surface area contributed by atoms with Gasteiger partial charge in [0.15, 0.2) is 0 Å². The first-order chi connectivity index (χ1) is 18.8. The highest BCUT2D eigenvalue weighted by molar-refractivity contribution is 5.97. The summed E-state index contributed by atoms with van der Waals surface area (Å²) in [4.78, 5) is 24.8. The molecular weight excluding hydrogens is 583 g/mol. The number of nitrogens with one attached hydrogen (secondary N) is 2. The third kappa shape index (κ3) is 6.39. The minimum Gasteiger partial charge on any atom is -0.495 e. The molecule has 0 aromatic heterocycles. The second kappa shape index (κ2) is 11.9. The minimum absolute atomic E-state index is 0.0914. The van der Waals surface area contributed by atoms with Crippen molar-refractivity contribution in [2.45, 2.75) is 43.6 Å². The molecule has 41 heavy (non-hydrogen) atoms. The van der Waals surface area contributed by atoms with Crippen molar-refractivity contribution in [1.82, 2.24) is 5.32 Å². The number of benzene rings is 2. The van der Waals surface area contributed by atoms with Crippen LogP contribution in [0.4, 0.5) is 45.2 Å². The number of amides is 1. The summed E-state index contributed by atoms with van der Waals surface area (Å²) < 4.78 is 140. The van der Waals surface area contributed by atoms with Gasteiger partial charge in [-0.3, -0.25) is 4.79 Å². The van der Waals surface area contributed by atoms with E-state index in [1.807, 2.05) is 0 Å². The summed E-state index contributed by atoms with van der Waals surface area (Å²) >= 11 is 0. The SMILES string of the molecule is CCOC(=O)[C@](O)(c1ccc(NC(NC(=O)c2ccccc2OCC)(C(F)(F)F)C(F)(F)F)c(OC)c1)C(F)(F)F. The molecule has 3 N–H and O–H groups in total. The van der Waals surface area contributed by atoms with Crippen molar-refractivity contribution < 1.29 is 68.4 Å². The molecular formula is C24H23F9N2O6. The van der Waals surface area contributed by atoms with E-state index in [4.69, 9.17) is 4.74 Å². The first kappa shape index (κ1) is 33.3. The lowest BCUT2D eigenvalue weighted by molar-refractivity contribution is -0.294. The number of hydrogen-bond donors (Lipinski definition) is 3. The van der Waals surface area contributed by atoms with E-state index in [0.717, 1.165) is 35.8 Å². The first-order valence-corrected chi connectivity index (χ1v) is 11.4. The second-order valence-electron chi connectivity index (χ2n) is 8.10. The van der Waals surface area contributed by atoms with Crippen LogP contribution in [0.3, 0.4) is 0 Å². The summed E-state index contributed by atoms with van der Waals surface area (Å²) in [6.45, 7) is 1.87. The number of methoxy groups -OCH3 is 1. The Morgan fingerprint density at radius 2 is 1.41 bits per heavy atom. The summed E-state index contributed by atoms with van der Waals surface area (Å²) in [6, 6.07) is 5.18. The zero-order valence-electron chi connectivity index (χ0n) is 21.3. The van der Waals surface area contributed by atoms with Gasteiger partial charge in [-0.1, -0.05) is 18.2 Å². The number of alkyl halides is 9. The lowest BCUT2D eigenvalue weighted by Gasteiger charge is -2.39. The Labute approximate surface area is 226 Å². The Balaban J connectivity index is 2.71. The zero-order chi connectivity index (χ0) is 31.4. The molecule has 0 spiro atoms. The lowest BCUT2D eigenvalue weighted by atomic mass is 9.92. The quantitative estimate of drug-likeness (QED) is 0.197. The molecule has 0 unspecified atom stereocenters. The molecule has 0 saturated carbocycles. The summed E-state index contributed by atoms with van der Waals surface area (Å²) in [5.41, 5.74) is -12.9. The molecule has 0 heterocycles. The Morgan fingerprint density at radius 1 is 0.829 bits per heavy atom. The van der Waals surface area contributed by atoms with Crippen LogP contribution in [0, 0.1) is 0 Å². The molecule has 0 radical (unpaired) electrons. The molecule has 228 valence electrons. The van der Waals surface area contributed by atoms with E-state index >= 15 is 0 Å². The highest BCUT2D eigenvalue weighted by Gasteiger charge is 2.73. The average Bonchev–Trinajstić information content (AvgIpc) is 2.86. The maximum atomic E-state index is 14.2. The van der Waals surface area contributed by atoms with Gasteiger partial charge in [0, 0.05) is 5.56 Å². The molecule has 17 heteroatoms. The fourth-order valence-corrected chi connectivity index (χ4v) is 3.50. The smallest absolute Gasteiger partial charge is 0.439 e. The van der Waals surface area contributed by atoms with Gasteiger partial charge in [0.25, 0.3) is 11.5 Å². The summed E-state index contributed by atoms with van der Waals surface area (Å²) in [7, 11) is 0.682. The van der Waals surface area contributed by atoms with Crippen molar-refractivity contribution in [2.24, 2.45) is 0 Å². The maximum Gasteiger partial charge on any atom is 0.439 e. The van der Waals surface area contributed by atoms with E-state index in [1.54, 1.807) is 0 Å². The number of hydrogen-bond acceptors (Lipinski definition) is 7. The van der Waals surface area contributed by atoms with Crippen LogP contribution in [0.2, 0.25) is 0 Å². The monoisotopic (exact) mass is 606 g/mol. The lowest BCUT2D eigenvalue weighted by Crippen LogP contribution is -2.72. The second-order valence-corrected chi connectivity index (χ2v) is 8.10. The summed E-state index contributed by atoms with van der Waals surface area (Å²) in [6.07, 6.45) is -18.4. The number of esters is 1.